The first-order valence-electron chi connectivity index (χ1n) is 22.3. The summed E-state index contributed by atoms with van der Waals surface area (Å²) in [6.45, 7) is 4.16. The van der Waals surface area contributed by atoms with Crippen LogP contribution in [-0.2, 0) is 4.79 Å². The van der Waals surface area contributed by atoms with Crippen molar-refractivity contribution in [2.75, 3.05) is 6.61 Å². The molecule has 0 aromatic rings. The van der Waals surface area contributed by atoms with Crippen LogP contribution in [-0.4, -0.2) is 46.1 Å². The second kappa shape index (κ2) is 41.3. The number of carbonyl (C=O) groups excluding carboxylic acids is 1. The van der Waals surface area contributed by atoms with Gasteiger partial charge in [0.25, 0.3) is 0 Å². The number of unbranched alkanes of at least 4 members (excludes halogenated alkanes) is 28. The minimum Gasteiger partial charge on any atom is -0.394 e. The van der Waals surface area contributed by atoms with Crippen LogP contribution in [0.4, 0.5) is 0 Å². The van der Waals surface area contributed by atoms with Gasteiger partial charge in [0.1, 0.15) is 6.10 Å². The van der Waals surface area contributed by atoms with Gasteiger partial charge in [0.15, 0.2) is 0 Å². The first-order chi connectivity index (χ1) is 25.1. The smallest absolute Gasteiger partial charge is 0.249 e. The van der Waals surface area contributed by atoms with Crippen LogP contribution < -0.4 is 5.32 Å². The van der Waals surface area contributed by atoms with Gasteiger partial charge in [-0.1, -0.05) is 217 Å². The Morgan fingerprint density at radius 2 is 0.804 bits per heavy atom. The lowest BCUT2D eigenvalue weighted by atomic mass is 10.0. The lowest BCUT2D eigenvalue weighted by molar-refractivity contribution is -0.131. The van der Waals surface area contributed by atoms with Crippen LogP contribution in [0, 0.1) is 0 Å². The quantitative estimate of drug-likeness (QED) is 0.0375. The van der Waals surface area contributed by atoms with Gasteiger partial charge in [0.05, 0.1) is 18.8 Å². The molecule has 3 atom stereocenters. The van der Waals surface area contributed by atoms with Gasteiger partial charge in [-0.15, -0.1) is 0 Å². The third-order valence-electron chi connectivity index (χ3n) is 10.2. The SMILES string of the molecule is CCCCCCCCCCCCCCCC/C=C/CC/C=C/CC/C=C/C(O)C(CO)NC(=O)C(O)CCCCCCCCCCCCCCC. The Labute approximate surface area is 317 Å². The highest BCUT2D eigenvalue weighted by Crippen LogP contribution is 2.15. The molecular weight excluding hydrogens is 631 g/mol. The molecule has 300 valence electrons. The van der Waals surface area contributed by atoms with Crippen LogP contribution in [0.25, 0.3) is 0 Å². The summed E-state index contributed by atoms with van der Waals surface area (Å²) < 4.78 is 0. The second-order valence-corrected chi connectivity index (χ2v) is 15.2. The van der Waals surface area contributed by atoms with Gasteiger partial charge in [0.2, 0.25) is 5.91 Å². The molecule has 0 aromatic heterocycles. The molecule has 0 rings (SSSR count). The maximum absolute atomic E-state index is 12.4. The predicted octanol–water partition coefficient (Wildman–Crippen LogP) is 12.8. The van der Waals surface area contributed by atoms with Crippen molar-refractivity contribution in [3.05, 3.63) is 36.5 Å². The van der Waals surface area contributed by atoms with Gasteiger partial charge in [-0.3, -0.25) is 4.79 Å². The molecule has 0 spiro atoms. The zero-order chi connectivity index (χ0) is 37.3. The average Bonchev–Trinajstić information content (AvgIpc) is 3.13. The van der Waals surface area contributed by atoms with Crippen LogP contribution in [0.3, 0.4) is 0 Å². The summed E-state index contributed by atoms with van der Waals surface area (Å²) in [5.74, 6) is -0.517. The number of rotatable bonds is 40. The Morgan fingerprint density at radius 1 is 0.471 bits per heavy atom. The van der Waals surface area contributed by atoms with Gasteiger partial charge in [-0.2, -0.15) is 0 Å². The molecule has 51 heavy (non-hydrogen) atoms. The normalized spacial score (nSPS) is 13.9. The van der Waals surface area contributed by atoms with Gasteiger partial charge in [-0.25, -0.2) is 0 Å². The summed E-state index contributed by atoms with van der Waals surface area (Å²) in [5, 5.41) is 33.1. The van der Waals surface area contributed by atoms with E-state index in [-0.39, 0.29) is 6.61 Å². The average molecular weight is 718 g/mol. The number of aliphatic hydroxyl groups is 3. The molecule has 0 saturated carbocycles. The van der Waals surface area contributed by atoms with Crippen molar-refractivity contribution in [3.63, 3.8) is 0 Å². The summed E-state index contributed by atoms with van der Waals surface area (Å²) in [6, 6.07) is -0.818. The molecule has 0 bridgehead atoms. The third-order valence-corrected chi connectivity index (χ3v) is 10.2. The molecule has 0 aromatic carbocycles. The number of carbonyl (C=O) groups is 1. The highest BCUT2D eigenvalue weighted by molar-refractivity contribution is 5.80. The Balaban J connectivity index is 3.72. The van der Waals surface area contributed by atoms with Crippen molar-refractivity contribution in [2.45, 2.75) is 244 Å². The van der Waals surface area contributed by atoms with Crippen LogP contribution in [0.15, 0.2) is 36.5 Å². The molecule has 4 N–H and O–H groups in total. The van der Waals surface area contributed by atoms with E-state index in [1.165, 1.54) is 161 Å². The molecule has 5 heteroatoms. The first kappa shape index (κ1) is 49.6. The second-order valence-electron chi connectivity index (χ2n) is 15.2. The number of nitrogens with one attached hydrogen (secondary N) is 1. The summed E-state index contributed by atoms with van der Waals surface area (Å²) in [4.78, 5) is 12.4. The van der Waals surface area contributed by atoms with Crippen molar-refractivity contribution < 1.29 is 20.1 Å². The Morgan fingerprint density at radius 3 is 1.20 bits per heavy atom. The Kier molecular flexibility index (Phi) is 40.2. The molecule has 5 nitrogen and oxygen atoms in total. The minimum absolute atomic E-state index is 0.379. The number of aliphatic hydroxyl groups excluding tert-OH is 3. The van der Waals surface area contributed by atoms with E-state index >= 15 is 0 Å². The summed E-state index contributed by atoms with van der Waals surface area (Å²) >= 11 is 0. The third kappa shape index (κ3) is 36.7. The fourth-order valence-electron chi connectivity index (χ4n) is 6.69. The standard InChI is InChI=1S/C46H87NO4/c1-3-5-7-9-11-13-15-17-18-19-20-21-22-23-24-25-26-27-29-30-32-34-36-38-40-44(49)43(42-48)47-46(51)45(50)41-39-37-35-33-31-28-16-14-12-10-8-6-4-2/h25-26,30,32,38,40,43-45,48-50H,3-24,27-29,31,33-37,39,41-42H2,1-2H3,(H,47,51)/b26-25+,32-30+,40-38+. The fraction of sp³-hybridized carbons (Fsp3) is 0.848. The van der Waals surface area contributed by atoms with Gasteiger partial charge in [-0.05, 0) is 44.9 Å². The van der Waals surface area contributed by atoms with E-state index in [1.807, 2.05) is 6.08 Å². The van der Waals surface area contributed by atoms with Gasteiger partial charge < -0.3 is 20.6 Å². The fourth-order valence-corrected chi connectivity index (χ4v) is 6.69. The number of amides is 1. The molecule has 0 fully saturated rings. The lowest BCUT2D eigenvalue weighted by Crippen LogP contribution is -2.48. The predicted molar refractivity (Wildman–Crippen MR) is 222 cm³/mol. The zero-order valence-electron chi connectivity index (χ0n) is 34.0. The molecule has 0 aliphatic heterocycles. The van der Waals surface area contributed by atoms with E-state index in [9.17, 15) is 20.1 Å². The van der Waals surface area contributed by atoms with E-state index < -0.39 is 24.2 Å². The number of hydrogen-bond donors (Lipinski definition) is 4. The minimum atomic E-state index is -1.10. The van der Waals surface area contributed by atoms with Gasteiger partial charge in [0, 0.05) is 0 Å². The van der Waals surface area contributed by atoms with Crippen LogP contribution in [0.5, 0.6) is 0 Å². The largest absolute Gasteiger partial charge is 0.394 e. The lowest BCUT2D eigenvalue weighted by Gasteiger charge is -2.21. The molecular formula is C46H87NO4. The van der Waals surface area contributed by atoms with Crippen molar-refractivity contribution in [2.24, 2.45) is 0 Å². The molecule has 0 saturated heterocycles. The summed E-state index contributed by atoms with van der Waals surface area (Å²) in [6.07, 6.45) is 51.8. The van der Waals surface area contributed by atoms with Crippen LogP contribution in [0.1, 0.15) is 226 Å². The van der Waals surface area contributed by atoms with E-state index in [1.54, 1.807) is 6.08 Å². The van der Waals surface area contributed by atoms with Crippen LogP contribution >= 0.6 is 0 Å². The van der Waals surface area contributed by atoms with Gasteiger partial charge >= 0.3 is 0 Å². The topological polar surface area (TPSA) is 89.8 Å². The van der Waals surface area contributed by atoms with Crippen molar-refractivity contribution in [3.8, 4) is 0 Å². The van der Waals surface area contributed by atoms with E-state index in [0.29, 0.717) is 6.42 Å². The molecule has 0 aliphatic carbocycles. The summed E-state index contributed by atoms with van der Waals surface area (Å²) in [5.41, 5.74) is 0. The maximum atomic E-state index is 12.4. The number of allylic oxidation sites excluding steroid dienone is 5. The van der Waals surface area contributed by atoms with E-state index in [0.717, 1.165) is 44.9 Å². The number of hydrogen-bond acceptors (Lipinski definition) is 4. The van der Waals surface area contributed by atoms with Crippen molar-refractivity contribution in [1.82, 2.24) is 5.32 Å². The highest BCUT2D eigenvalue weighted by atomic mass is 16.3. The van der Waals surface area contributed by atoms with E-state index in [4.69, 9.17) is 0 Å². The zero-order valence-corrected chi connectivity index (χ0v) is 34.0. The molecule has 0 aliphatic rings. The molecule has 1 amide bonds. The van der Waals surface area contributed by atoms with E-state index in [2.05, 4.69) is 43.5 Å². The Hall–Kier alpha value is -1.43. The molecule has 0 heterocycles. The summed E-state index contributed by atoms with van der Waals surface area (Å²) in [7, 11) is 0. The Bertz CT molecular complexity index is 794. The van der Waals surface area contributed by atoms with Crippen molar-refractivity contribution >= 4 is 5.91 Å². The molecule has 3 unspecified atom stereocenters. The maximum Gasteiger partial charge on any atom is 0.249 e. The first-order valence-corrected chi connectivity index (χ1v) is 22.3. The molecule has 0 radical (unpaired) electrons. The highest BCUT2D eigenvalue weighted by Gasteiger charge is 2.22. The van der Waals surface area contributed by atoms with Crippen molar-refractivity contribution in [1.29, 1.82) is 0 Å². The van der Waals surface area contributed by atoms with Crippen LogP contribution in [0.2, 0.25) is 0 Å². The monoisotopic (exact) mass is 718 g/mol.